The van der Waals surface area contributed by atoms with Crippen LogP contribution in [-0.2, 0) is 6.42 Å². The molecule has 0 spiro atoms. The van der Waals surface area contributed by atoms with E-state index in [1.165, 1.54) is 50.3 Å². The quantitative estimate of drug-likeness (QED) is 0.212. The summed E-state index contributed by atoms with van der Waals surface area (Å²) in [6.45, 7) is 6.86. The average molecular weight is 493 g/mol. The summed E-state index contributed by atoms with van der Waals surface area (Å²) >= 11 is 0. The van der Waals surface area contributed by atoms with Crippen molar-refractivity contribution in [2.45, 2.75) is 38.1 Å². The first-order chi connectivity index (χ1) is 18.7. The van der Waals surface area contributed by atoms with Gasteiger partial charge in [0.15, 0.2) is 24.1 Å². The second kappa shape index (κ2) is 9.22. The van der Waals surface area contributed by atoms with E-state index >= 15 is 0 Å². The molecule has 2 aromatic heterocycles. The Labute approximate surface area is 225 Å². The van der Waals surface area contributed by atoms with Gasteiger partial charge in [0.25, 0.3) is 0 Å². The average Bonchev–Trinajstić information content (AvgIpc) is 2.97. The van der Waals surface area contributed by atoms with Crippen LogP contribution in [0.25, 0.3) is 39.3 Å². The van der Waals surface area contributed by atoms with Crippen molar-refractivity contribution in [3.05, 3.63) is 139 Å². The largest absolute Gasteiger partial charge is 0.218 e. The number of rotatable bonds is 1. The third kappa shape index (κ3) is 3.80. The maximum atomic E-state index is 4.69. The fourth-order valence-electron chi connectivity index (χ4n) is 6.60. The lowest BCUT2D eigenvalue weighted by molar-refractivity contribution is -0.720. The molecular formula is C36H32N2+2. The van der Waals surface area contributed by atoms with Gasteiger partial charge in [-0.25, -0.2) is 0 Å². The van der Waals surface area contributed by atoms with E-state index in [4.69, 9.17) is 6.58 Å². The van der Waals surface area contributed by atoms with E-state index in [9.17, 15) is 0 Å². The Hall–Kier alpha value is -4.30. The van der Waals surface area contributed by atoms with Gasteiger partial charge in [-0.15, -0.1) is 0 Å². The smallest absolute Gasteiger partial charge is 0.194 e. The third-order valence-corrected chi connectivity index (χ3v) is 8.45. The Morgan fingerprint density at radius 2 is 1.55 bits per heavy atom. The SMILES string of the molecule is C=C1CC2C(CCc3ccc(-c4ccccc4)cc3-c3ccc(C)c[n+]31)c1ccccc1-c1cccc[n+]12. The van der Waals surface area contributed by atoms with Crippen LogP contribution in [0.4, 0.5) is 0 Å². The summed E-state index contributed by atoms with van der Waals surface area (Å²) in [6, 6.07) is 38.2. The van der Waals surface area contributed by atoms with Crippen LogP contribution in [0, 0.1) is 6.92 Å². The summed E-state index contributed by atoms with van der Waals surface area (Å²) in [5, 5.41) is 0. The molecule has 0 saturated carbocycles. The van der Waals surface area contributed by atoms with Crippen molar-refractivity contribution in [1.82, 2.24) is 0 Å². The number of hydrogen-bond donors (Lipinski definition) is 0. The van der Waals surface area contributed by atoms with Crippen molar-refractivity contribution in [3.63, 3.8) is 0 Å². The number of aromatic nitrogens is 2. The van der Waals surface area contributed by atoms with E-state index in [0.717, 1.165) is 25.0 Å². The van der Waals surface area contributed by atoms with Crippen molar-refractivity contribution >= 4 is 5.70 Å². The fourth-order valence-corrected chi connectivity index (χ4v) is 6.60. The van der Waals surface area contributed by atoms with Crippen LogP contribution in [0.2, 0.25) is 0 Å². The van der Waals surface area contributed by atoms with Crippen LogP contribution in [-0.4, -0.2) is 0 Å². The van der Waals surface area contributed by atoms with Gasteiger partial charge in [-0.05, 0) is 72.9 Å². The zero-order valence-electron chi connectivity index (χ0n) is 21.8. The fraction of sp³-hybridized carbons (Fsp3) is 0.167. The van der Waals surface area contributed by atoms with Gasteiger partial charge in [-0.3, -0.25) is 0 Å². The number of hydrogen-bond acceptors (Lipinski definition) is 0. The van der Waals surface area contributed by atoms with Crippen molar-refractivity contribution < 1.29 is 9.13 Å². The van der Waals surface area contributed by atoms with Crippen LogP contribution in [0.1, 0.15) is 41.5 Å². The van der Waals surface area contributed by atoms with Crippen molar-refractivity contribution in [1.29, 1.82) is 0 Å². The Morgan fingerprint density at radius 1 is 0.737 bits per heavy atom. The molecule has 2 aliphatic heterocycles. The predicted octanol–water partition coefficient (Wildman–Crippen LogP) is 7.72. The highest BCUT2D eigenvalue weighted by atomic mass is 15.0. The predicted molar refractivity (Wildman–Crippen MR) is 154 cm³/mol. The van der Waals surface area contributed by atoms with Gasteiger partial charge in [-0.2, -0.15) is 9.13 Å². The molecule has 0 saturated heterocycles. The summed E-state index contributed by atoms with van der Waals surface area (Å²) < 4.78 is 4.87. The van der Waals surface area contributed by atoms with Crippen LogP contribution >= 0.6 is 0 Å². The van der Waals surface area contributed by atoms with Gasteiger partial charge in [0, 0.05) is 35.2 Å². The molecule has 0 N–H and O–H groups in total. The molecule has 4 heterocycles. The van der Waals surface area contributed by atoms with Crippen LogP contribution in [0.3, 0.4) is 0 Å². The Kier molecular flexibility index (Phi) is 5.55. The van der Waals surface area contributed by atoms with Crippen LogP contribution in [0.15, 0.2) is 122 Å². The molecule has 38 heavy (non-hydrogen) atoms. The first kappa shape index (κ1) is 22.9. The molecule has 3 aromatic carbocycles. The molecule has 0 bridgehead atoms. The molecule has 7 rings (SSSR count). The Morgan fingerprint density at radius 3 is 2.45 bits per heavy atom. The second-order valence-electron chi connectivity index (χ2n) is 10.8. The van der Waals surface area contributed by atoms with Gasteiger partial charge >= 0.3 is 0 Å². The molecule has 2 atom stereocenters. The normalized spacial score (nSPS) is 17.9. The van der Waals surface area contributed by atoms with E-state index in [-0.39, 0.29) is 0 Å². The summed E-state index contributed by atoms with van der Waals surface area (Å²) in [5.41, 5.74) is 12.9. The van der Waals surface area contributed by atoms with Crippen LogP contribution < -0.4 is 9.13 Å². The number of allylic oxidation sites excluding steroid dienone is 1. The summed E-state index contributed by atoms with van der Waals surface area (Å²) in [7, 11) is 0. The number of fused-ring (bicyclic) bond motifs is 9. The molecule has 0 amide bonds. The van der Waals surface area contributed by atoms with Crippen LogP contribution in [0.5, 0.6) is 0 Å². The highest BCUT2D eigenvalue weighted by Crippen LogP contribution is 2.44. The highest BCUT2D eigenvalue weighted by Gasteiger charge is 2.42. The lowest BCUT2D eigenvalue weighted by atomic mass is 9.77. The number of aryl methyl sites for hydroxylation is 2. The topological polar surface area (TPSA) is 7.76 Å². The van der Waals surface area contributed by atoms with E-state index < -0.39 is 0 Å². The van der Waals surface area contributed by atoms with E-state index in [1.54, 1.807) is 0 Å². The van der Waals surface area contributed by atoms with Crippen molar-refractivity contribution in [2.75, 3.05) is 0 Å². The molecule has 0 aliphatic carbocycles. The maximum Gasteiger partial charge on any atom is 0.218 e. The molecule has 5 aromatic rings. The molecule has 2 unspecified atom stereocenters. The van der Waals surface area contributed by atoms with Gasteiger partial charge in [0.05, 0.1) is 12.0 Å². The van der Waals surface area contributed by atoms with Gasteiger partial charge in [0.2, 0.25) is 11.4 Å². The first-order valence-electron chi connectivity index (χ1n) is 13.7. The van der Waals surface area contributed by atoms with Crippen molar-refractivity contribution in [2.24, 2.45) is 0 Å². The number of nitrogens with zero attached hydrogens (tertiary/aromatic N) is 2. The lowest BCUT2D eigenvalue weighted by Crippen LogP contribution is -2.49. The molecule has 2 aliphatic rings. The van der Waals surface area contributed by atoms with Gasteiger partial charge < -0.3 is 0 Å². The minimum absolute atomic E-state index is 0.319. The van der Waals surface area contributed by atoms with Gasteiger partial charge in [0.1, 0.15) is 0 Å². The molecule has 0 radical (unpaired) electrons. The molecule has 2 heteroatoms. The highest BCUT2D eigenvalue weighted by molar-refractivity contribution is 5.73. The zero-order chi connectivity index (χ0) is 25.6. The van der Waals surface area contributed by atoms with E-state index in [2.05, 4.69) is 132 Å². The number of pyridine rings is 2. The number of benzene rings is 3. The minimum atomic E-state index is 0.319. The molecule has 184 valence electrons. The van der Waals surface area contributed by atoms with E-state index in [0.29, 0.717) is 12.0 Å². The zero-order valence-corrected chi connectivity index (χ0v) is 21.8. The van der Waals surface area contributed by atoms with Crippen molar-refractivity contribution in [3.8, 4) is 33.6 Å². The Bertz CT molecular complexity index is 1680. The third-order valence-electron chi connectivity index (χ3n) is 8.45. The summed E-state index contributed by atoms with van der Waals surface area (Å²) in [4.78, 5) is 0. The van der Waals surface area contributed by atoms with E-state index in [1.807, 2.05) is 0 Å². The van der Waals surface area contributed by atoms with Gasteiger partial charge in [-0.1, -0.05) is 60.7 Å². The minimum Gasteiger partial charge on any atom is -0.194 e. The molecular weight excluding hydrogens is 460 g/mol. The Balaban J connectivity index is 1.42. The second-order valence-corrected chi connectivity index (χ2v) is 10.8. The standard InChI is InChI=1S/C36H32N2/c1-25-15-20-35-33-23-29(27-10-4-3-5-11-27)17-16-28(33)18-19-32-30-12-6-7-13-31(30)34-14-8-9-21-37(34)36(32)22-26(2)38(35)24-25/h3-17,20-21,23-24,32,36H,2,18-19,22H2,1H3/q+2. The maximum absolute atomic E-state index is 4.69. The molecule has 2 nitrogen and oxygen atoms in total. The molecule has 0 fully saturated rings. The summed E-state index contributed by atoms with van der Waals surface area (Å²) in [5.74, 6) is 0.413. The lowest BCUT2D eigenvalue weighted by Gasteiger charge is -2.31. The monoisotopic (exact) mass is 492 g/mol. The first-order valence-corrected chi connectivity index (χ1v) is 13.7. The summed E-state index contributed by atoms with van der Waals surface area (Å²) in [6.07, 6.45) is 7.56.